The largest absolute Gasteiger partial charge is 0.277 e. The molecule has 0 radical (unpaired) electrons. The second-order valence-electron chi connectivity index (χ2n) is 7.40. The zero-order valence-electron chi connectivity index (χ0n) is 17.4. The van der Waals surface area contributed by atoms with Gasteiger partial charge < -0.3 is 0 Å². The number of anilines is 2. The van der Waals surface area contributed by atoms with Gasteiger partial charge in [0, 0.05) is 10.8 Å². The highest BCUT2D eigenvalue weighted by Crippen LogP contribution is 2.30. The lowest BCUT2D eigenvalue weighted by molar-refractivity contribution is 0.599. The molecule has 164 valence electrons. The first kappa shape index (κ1) is 21.8. The first-order chi connectivity index (χ1) is 15.2. The van der Waals surface area contributed by atoms with Crippen molar-refractivity contribution in [2.45, 2.75) is 23.6 Å². The van der Waals surface area contributed by atoms with Crippen LogP contribution in [0.2, 0.25) is 0 Å². The highest BCUT2D eigenvalue weighted by atomic mass is 32.2. The molecule has 0 saturated carbocycles. The Bertz CT molecular complexity index is 1380. The smallest absolute Gasteiger partial charge is 0.263 e. The summed E-state index contributed by atoms with van der Waals surface area (Å²) >= 11 is 0. The molecule has 0 saturated heterocycles. The third-order valence-electron chi connectivity index (χ3n) is 4.93. The fourth-order valence-corrected chi connectivity index (χ4v) is 5.27. The van der Waals surface area contributed by atoms with E-state index in [0.717, 1.165) is 11.1 Å². The maximum Gasteiger partial charge on any atom is 0.263 e. The zero-order chi connectivity index (χ0) is 22.9. The van der Waals surface area contributed by atoms with E-state index in [1.807, 2.05) is 13.8 Å². The summed E-state index contributed by atoms with van der Waals surface area (Å²) in [6.45, 7) is 3.74. The van der Waals surface area contributed by atoms with Crippen molar-refractivity contribution >= 4 is 42.3 Å². The van der Waals surface area contributed by atoms with Gasteiger partial charge in [0.05, 0.1) is 21.7 Å². The van der Waals surface area contributed by atoms with E-state index in [9.17, 15) is 16.8 Å². The Kier molecular flexibility index (Phi) is 5.62. The number of pyridine rings is 1. The number of benzene rings is 3. The summed E-state index contributed by atoms with van der Waals surface area (Å²) in [4.78, 5) is 4.44. The van der Waals surface area contributed by atoms with Crippen LogP contribution in [0, 0.1) is 13.8 Å². The van der Waals surface area contributed by atoms with Gasteiger partial charge in [-0.25, -0.2) is 21.8 Å². The van der Waals surface area contributed by atoms with Crippen molar-refractivity contribution in [2.24, 2.45) is 0 Å². The Balaban J connectivity index is 1.72. The SMILES string of the molecule is Cc1ccc(S(=O)(=O)Nc2cnc(NS(=O)(=O)c3ccc(C)cc3)c3ccccc23)cc1. The number of hydrogen-bond acceptors (Lipinski definition) is 5. The minimum absolute atomic E-state index is 0.109. The molecule has 9 heteroatoms. The van der Waals surface area contributed by atoms with Crippen LogP contribution in [0.3, 0.4) is 0 Å². The quantitative estimate of drug-likeness (QED) is 0.436. The molecule has 0 aliphatic rings. The van der Waals surface area contributed by atoms with Crippen molar-refractivity contribution in [1.82, 2.24) is 4.98 Å². The number of sulfonamides is 2. The summed E-state index contributed by atoms with van der Waals surface area (Å²) < 4.78 is 56.4. The number of nitrogens with zero attached hydrogens (tertiary/aromatic N) is 1. The van der Waals surface area contributed by atoms with Gasteiger partial charge in [-0.05, 0) is 38.1 Å². The van der Waals surface area contributed by atoms with Gasteiger partial charge in [-0.1, -0.05) is 59.7 Å². The standard InChI is InChI=1S/C23H21N3O4S2/c1-16-7-11-18(12-8-16)31(27,28)25-22-15-24-23(21-6-4-3-5-20(21)22)26-32(29,30)19-13-9-17(2)10-14-19/h3-15,25H,1-2H3,(H,24,26). The molecule has 1 aromatic heterocycles. The van der Waals surface area contributed by atoms with Crippen LogP contribution in [0.5, 0.6) is 0 Å². The number of aromatic nitrogens is 1. The maximum atomic E-state index is 12.8. The Morgan fingerprint density at radius 1 is 0.625 bits per heavy atom. The number of fused-ring (bicyclic) bond motifs is 1. The lowest BCUT2D eigenvalue weighted by atomic mass is 10.1. The Hall–Kier alpha value is -3.43. The van der Waals surface area contributed by atoms with Gasteiger partial charge in [0.25, 0.3) is 20.0 Å². The van der Waals surface area contributed by atoms with E-state index >= 15 is 0 Å². The van der Waals surface area contributed by atoms with Crippen LogP contribution in [0.1, 0.15) is 11.1 Å². The zero-order valence-corrected chi connectivity index (χ0v) is 19.0. The molecule has 0 atom stereocenters. The lowest BCUT2D eigenvalue weighted by Crippen LogP contribution is -2.16. The highest BCUT2D eigenvalue weighted by Gasteiger charge is 2.20. The summed E-state index contributed by atoms with van der Waals surface area (Å²) in [7, 11) is -7.71. The van der Waals surface area contributed by atoms with Crippen molar-refractivity contribution < 1.29 is 16.8 Å². The van der Waals surface area contributed by atoms with Crippen LogP contribution in [0.4, 0.5) is 11.5 Å². The number of hydrogen-bond donors (Lipinski definition) is 2. The van der Waals surface area contributed by atoms with E-state index in [1.165, 1.54) is 30.5 Å². The Morgan fingerprint density at radius 3 is 1.62 bits per heavy atom. The Morgan fingerprint density at radius 2 is 1.09 bits per heavy atom. The Labute approximate surface area is 187 Å². The van der Waals surface area contributed by atoms with Crippen LogP contribution in [0.15, 0.2) is 88.8 Å². The normalized spacial score (nSPS) is 11.9. The molecule has 4 aromatic rings. The summed E-state index contributed by atoms with van der Waals surface area (Å²) in [5.74, 6) is 0.111. The van der Waals surface area contributed by atoms with E-state index in [1.54, 1.807) is 48.5 Å². The van der Waals surface area contributed by atoms with Crippen molar-refractivity contribution in [3.05, 3.63) is 90.1 Å². The third kappa shape index (κ3) is 4.44. The van der Waals surface area contributed by atoms with E-state index in [2.05, 4.69) is 14.4 Å². The summed E-state index contributed by atoms with van der Waals surface area (Å²) in [6, 6.07) is 19.8. The summed E-state index contributed by atoms with van der Waals surface area (Å²) in [5.41, 5.74) is 2.14. The van der Waals surface area contributed by atoms with Crippen LogP contribution < -0.4 is 9.44 Å². The molecule has 0 bridgehead atoms. The average molecular weight is 468 g/mol. The average Bonchev–Trinajstić information content (AvgIpc) is 2.76. The minimum Gasteiger partial charge on any atom is -0.277 e. The van der Waals surface area contributed by atoms with Crippen LogP contribution in [-0.2, 0) is 20.0 Å². The number of nitrogens with one attached hydrogen (secondary N) is 2. The van der Waals surface area contributed by atoms with Crippen LogP contribution in [0.25, 0.3) is 10.8 Å². The van der Waals surface area contributed by atoms with E-state index in [0.29, 0.717) is 10.8 Å². The van der Waals surface area contributed by atoms with Crippen LogP contribution >= 0.6 is 0 Å². The highest BCUT2D eigenvalue weighted by molar-refractivity contribution is 7.93. The van der Waals surface area contributed by atoms with Gasteiger partial charge in [0.1, 0.15) is 5.82 Å². The van der Waals surface area contributed by atoms with E-state index < -0.39 is 20.0 Å². The third-order valence-corrected chi connectivity index (χ3v) is 7.67. The molecular formula is C23H21N3O4S2. The minimum atomic E-state index is -3.87. The van der Waals surface area contributed by atoms with Gasteiger partial charge in [-0.3, -0.25) is 9.44 Å². The van der Waals surface area contributed by atoms with Crippen molar-refractivity contribution in [1.29, 1.82) is 0 Å². The summed E-state index contributed by atoms with van der Waals surface area (Å²) in [6.07, 6.45) is 1.31. The maximum absolute atomic E-state index is 12.8. The molecule has 4 rings (SSSR count). The number of rotatable bonds is 6. The molecule has 2 N–H and O–H groups in total. The predicted octanol–water partition coefficient (Wildman–Crippen LogP) is 4.45. The molecule has 7 nitrogen and oxygen atoms in total. The van der Waals surface area contributed by atoms with E-state index in [4.69, 9.17) is 0 Å². The lowest BCUT2D eigenvalue weighted by Gasteiger charge is -2.14. The van der Waals surface area contributed by atoms with E-state index in [-0.39, 0.29) is 21.3 Å². The number of aryl methyl sites for hydroxylation is 2. The fraction of sp³-hybridized carbons (Fsp3) is 0.0870. The molecule has 1 heterocycles. The molecule has 3 aromatic carbocycles. The summed E-state index contributed by atoms with van der Waals surface area (Å²) in [5, 5.41) is 0.979. The van der Waals surface area contributed by atoms with Gasteiger partial charge in [-0.2, -0.15) is 0 Å². The van der Waals surface area contributed by atoms with Crippen molar-refractivity contribution in [3.8, 4) is 0 Å². The molecule has 0 spiro atoms. The molecule has 0 fully saturated rings. The fourth-order valence-electron chi connectivity index (χ4n) is 3.18. The molecular weight excluding hydrogens is 446 g/mol. The topological polar surface area (TPSA) is 105 Å². The molecule has 32 heavy (non-hydrogen) atoms. The van der Waals surface area contributed by atoms with Gasteiger partial charge >= 0.3 is 0 Å². The van der Waals surface area contributed by atoms with Gasteiger partial charge in [0.15, 0.2) is 0 Å². The van der Waals surface area contributed by atoms with Crippen molar-refractivity contribution in [2.75, 3.05) is 9.44 Å². The first-order valence-corrected chi connectivity index (χ1v) is 12.7. The predicted molar refractivity (Wildman–Crippen MR) is 126 cm³/mol. The van der Waals surface area contributed by atoms with Gasteiger partial charge in [-0.15, -0.1) is 0 Å². The van der Waals surface area contributed by atoms with Gasteiger partial charge in [0.2, 0.25) is 0 Å². The second-order valence-corrected chi connectivity index (χ2v) is 10.8. The second kappa shape index (κ2) is 8.25. The molecule has 0 amide bonds. The molecule has 0 aliphatic heterocycles. The first-order valence-electron chi connectivity index (χ1n) is 9.72. The molecule has 0 aliphatic carbocycles. The van der Waals surface area contributed by atoms with Crippen LogP contribution in [-0.4, -0.2) is 21.8 Å². The van der Waals surface area contributed by atoms with Crippen molar-refractivity contribution in [3.63, 3.8) is 0 Å². The molecule has 0 unspecified atom stereocenters. The monoisotopic (exact) mass is 467 g/mol.